The van der Waals surface area contributed by atoms with Crippen molar-refractivity contribution in [2.75, 3.05) is 23.5 Å². The lowest BCUT2D eigenvalue weighted by Crippen LogP contribution is -2.16. The zero-order chi connectivity index (χ0) is 16.8. The molecule has 8 nitrogen and oxygen atoms in total. The van der Waals surface area contributed by atoms with Gasteiger partial charge in [-0.05, 0) is 38.1 Å². The summed E-state index contributed by atoms with van der Waals surface area (Å²) < 4.78 is 6.22. The average molecular weight is 335 g/mol. The van der Waals surface area contributed by atoms with E-state index in [1.165, 1.54) is 16.4 Å². The summed E-state index contributed by atoms with van der Waals surface area (Å²) >= 11 is 1.19. The first-order valence-corrected chi connectivity index (χ1v) is 7.86. The van der Waals surface area contributed by atoms with E-state index >= 15 is 0 Å². The summed E-state index contributed by atoms with van der Waals surface area (Å²) in [6.07, 6.45) is 0. The summed E-state index contributed by atoms with van der Waals surface area (Å²) in [5.74, 6) is 5.83. The zero-order valence-electron chi connectivity index (χ0n) is 12.8. The van der Waals surface area contributed by atoms with Crippen molar-refractivity contribution < 1.29 is 14.3 Å². The second-order valence-electron chi connectivity index (χ2n) is 4.53. The molecule has 1 heterocycles. The summed E-state index contributed by atoms with van der Waals surface area (Å²) in [4.78, 5) is 23.4. The molecular formula is C14H17N5O3S. The van der Waals surface area contributed by atoms with Crippen molar-refractivity contribution in [3.05, 3.63) is 35.7 Å². The maximum absolute atomic E-state index is 11.9. The number of nitrogen functional groups attached to an aromatic ring is 1. The Kier molecular flexibility index (Phi) is 5.58. The van der Waals surface area contributed by atoms with E-state index in [0.717, 1.165) is 0 Å². The summed E-state index contributed by atoms with van der Waals surface area (Å²) in [6.45, 7) is 3.79. The van der Waals surface area contributed by atoms with E-state index in [0.29, 0.717) is 28.8 Å². The molecule has 2 aromatic rings. The lowest BCUT2D eigenvalue weighted by Gasteiger charge is -2.06. The van der Waals surface area contributed by atoms with Crippen LogP contribution in [0.4, 0.5) is 5.69 Å². The number of esters is 1. The number of nitrogens with two attached hydrogens (primary N) is 1. The van der Waals surface area contributed by atoms with Gasteiger partial charge in [-0.3, -0.25) is 4.79 Å². The van der Waals surface area contributed by atoms with E-state index in [-0.39, 0.29) is 11.7 Å². The van der Waals surface area contributed by atoms with Crippen LogP contribution >= 0.6 is 11.8 Å². The van der Waals surface area contributed by atoms with Crippen molar-refractivity contribution in [3.8, 4) is 0 Å². The molecule has 1 aromatic carbocycles. The molecule has 0 radical (unpaired) electrons. The van der Waals surface area contributed by atoms with E-state index in [1.807, 2.05) is 0 Å². The molecule has 23 heavy (non-hydrogen) atoms. The van der Waals surface area contributed by atoms with Crippen molar-refractivity contribution >= 4 is 29.3 Å². The lowest BCUT2D eigenvalue weighted by atomic mass is 10.2. The Morgan fingerprint density at radius 3 is 2.57 bits per heavy atom. The van der Waals surface area contributed by atoms with Crippen molar-refractivity contribution in [3.63, 3.8) is 0 Å². The number of ether oxygens (including phenoxy) is 1. The number of anilines is 1. The first-order chi connectivity index (χ1) is 11.0. The largest absolute Gasteiger partial charge is 0.462 e. The van der Waals surface area contributed by atoms with Crippen LogP contribution in [0.25, 0.3) is 0 Å². The van der Waals surface area contributed by atoms with Gasteiger partial charge in [0.1, 0.15) is 5.82 Å². The molecule has 2 rings (SSSR count). The maximum atomic E-state index is 11.9. The number of carbonyl (C=O) groups excluding carboxylic acids is 2. The zero-order valence-corrected chi connectivity index (χ0v) is 13.6. The standard InChI is InChI=1S/C14H17N5O3S/c1-3-22-13(21)10-4-6-11(7-5-10)16-12(20)8-23-14-18-17-9(2)19(14)15/h4-7H,3,8,15H2,1-2H3,(H,16,20). The highest BCUT2D eigenvalue weighted by Crippen LogP contribution is 2.15. The van der Waals surface area contributed by atoms with Crippen LogP contribution in [0, 0.1) is 6.92 Å². The van der Waals surface area contributed by atoms with Crippen LogP contribution in [-0.4, -0.2) is 39.1 Å². The van der Waals surface area contributed by atoms with Crippen molar-refractivity contribution in [2.45, 2.75) is 19.0 Å². The fourth-order valence-corrected chi connectivity index (χ4v) is 2.38. The number of thioether (sulfide) groups is 1. The van der Waals surface area contributed by atoms with Crippen LogP contribution in [0.5, 0.6) is 0 Å². The van der Waals surface area contributed by atoms with E-state index in [1.54, 1.807) is 38.1 Å². The van der Waals surface area contributed by atoms with E-state index in [9.17, 15) is 9.59 Å². The third kappa shape index (κ3) is 4.46. The van der Waals surface area contributed by atoms with Gasteiger partial charge < -0.3 is 15.9 Å². The number of carbonyl (C=O) groups is 2. The number of hydrogen-bond acceptors (Lipinski definition) is 7. The fourth-order valence-electron chi connectivity index (χ4n) is 1.68. The Labute approximate surface area is 137 Å². The molecule has 122 valence electrons. The predicted molar refractivity (Wildman–Crippen MR) is 86.7 cm³/mol. The van der Waals surface area contributed by atoms with Crippen LogP contribution in [0.3, 0.4) is 0 Å². The molecule has 0 bridgehead atoms. The number of amides is 1. The third-order valence-corrected chi connectivity index (χ3v) is 3.79. The Balaban J connectivity index is 1.87. The molecule has 1 amide bonds. The Bertz CT molecular complexity index is 699. The van der Waals surface area contributed by atoms with Crippen LogP contribution in [0.2, 0.25) is 0 Å². The minimum Gasteiger partial charge on any atom is -0.462 e. The molecule has 0 spiro atoms. The molecule has 0 saturated heterocycles. The summed E-state index contributed by atoms with van der Waals surface area (Å²) in [6, 6.07) is 6.48. The second kappa shape index (κ2) is 7.63. The quantitative estimate of drug-likeness (QED) is 0.463. The first kappa shape index (κ1) is 16.8. The molecule has 0 atom stereocenters. The number of nitrogens with zero attached hydrogens (tertiary/aromatic N) is 3. The van der Waals surface area contributed by atoms with Gasteiger partial charge in [-0.2, -0.15) is 0 Å². The molecule has 3 N–H and O–H groups in total. The normalized spacial score (nSPS) is 10.3. The van der Waals surface area contributed by atoms with E-state index in [4.69, 9.17) is 10.6 Å². The molecule has 9 heteroatoms. The minimum absolute atomic E-state index is 0.148. The highest BCUT2D eigenvalue weighted by molar-refractivity contribution is 7.99. The number of aromatic nitrogens is 3. The number of benzene rings is 1. The molecular weight excluding hydrogens is 318 g/mol. The van der Waals surface area contributed by atoms with Gasteiger partial charge in [0.25, 0.3) is 0 Å². The predicted octanol–water partition coefficient (Wildman–Crippen LogP) is 1.21. The van der Waals surface area contributed by atoms with Gasteiger partial charge in [0, 0.05) is 5.69 Å². The molecule has 0 unspecified atom stereocenters. The maximum Gasteiger partial charge on any atom is 0.338 e. The average Bonchev–Trinajstić information content (AvgIpc) is 2.85. The van der Waals surface area contributed by atoms with Gasteiger partial charge in [-0.1, -0.05) is 11.8 Å². The SMILES string of the molecule is CCOC(=O)c1ccc(NC(=O)CSc2nnc(C)n2N)cc1. The molecule has 0 aliphatic carbocycles. The Hall–Kier alpha value is -2.55. The molecule has 0 aliphatic heterocycles. The van der Waals surface area contributed by atoms with Gasteiger partial charge in [0.2, 0.25) is 11.1 Å². The smallest absolute Gasteiger partial charge is 0.338 e. The highest BCUT2D eigenvalue weighted by atomic mass is 32.2. The second-order valence-corrected chi connectivity index (χ2v) is 5.48. The Morgan fingerprint density at radius 2 is 2.00 bits per heavy atom. The van der Waals surface area contributed by atoms with E-state index < -0.39 is 5.97 Å². The van der Waals surface area contributed by atoms with Crippen molar-refractivity contribution in [2.24, 2.45) is 0 Å². The van der Waals surface area contributed by atoms with Crippen LogP contribution < -0.4 is 11.2 Å². The number of rotatable bonds is 6. The van der Waals surface area contributed by atoms with Gasteiger partial charge in [-0.15, -0.1) is 10.2 Å². The monoisotopic (exact) mass is 335 g/mol. The molecule has 1 aromatic heterocycles. The topological polar surface area (TPSA) is 112 Å². The number of hydrogen-bond donors (Lipinski definition) is 2. The molecule has 0 aliphatic rings. The van der Waals surface area contributed by atoms with Gasteiger partial charge in [0.05, 0.1) is 17.9 Å². The van der Waals surface area contributed by atoms with Gasteiger partial charge in [0.15, 0.2) is 0 Å². The van der Waals surface area contributed by atoms with Crippen LogP contribution in [0.15, 0.2) is 29.4 Å². The summed E-state index contributed by atoms with van der Waals surface area (Å²) in [5, 5.41) is 10.9. The van der Waals surface area contributed by atoms with Crippen molar-refractivity contribution in [1.29, 1.82) is 0 Å². The number of nitrogens with one attached hydrogen (secondary N) is 1. The first-order valence-electron chi connectivity index (χ1n) is 6.88. The number of aryl methyl sites for hydroxylation is 1. The summed E-state index contributed by atoms with van der Waals surface area (Å²) in [5.41, 5.74) is 1.03. The highest BCUT2D eigenvalue weighted by Gasteiger charge is 2.11. The van der Waals surface area contributed by atoms with Crippen molar-refractivity contribution in [1.82, 2.24) is 14.9 Å². The molecule has 0 fully saturated rings. The van der Waals surface area contributed by atoms with Crippen LogP contribution in [-0.2, 0) is 9.53 Å². The molecule has 0 saturated carbocycles. The lowest BCUT2D eigenvalue weighted by molar-refractivity contribution is -0.113. The summed E-state index contributed by atoms with van der Waals surface area (Å²) in [7, 11) is 0. The van der Waals surface area contributed by atoms with Gasteiger partial charge in [-0.25, -0.2) is 9.47 Å². The van der Waals surface area contributed by atoms with Gasteiger partial charge >= 0.3 is 5.97 Å². The Morgan fingerprint density at radius 1 is 1.30 bits per heavy atom. The fraction of sp³-hybridized carbons (Fsp3) is 0.286. The minimum atomic E-state index is -0.390. The van der Waals surface area contributed by atoms with E-state index in [2.05, 4.69) is 15.5 Å². The third-order valence-electron chi connectivity index (χ3n) is 2.85. The van der Waals surface area contributed by atoms with Crippen LogP contribution in [0.1, 0.15) is 23.1 Å².